The molecule has 0 saturated heterocycles. The SMILES string of the molecule is O=C(NC[C@@H](O)c1ccc(F)c(F)c1)Nc1ccc(F)cc1. The van der Waals surface area contributed by atoms with Crippen molar-refractivity contribution >= 4 is 11.7 Å². The summed E-state index contributed by atoms with van der Waals surface area (Å²) >= 11 is 0. The maximum Gasteiger partial charge on any atom is 0.319 e. The molecule has 116 valence electrons. The van der Waals surface area contributed by atoms with Gasteiger partial charge in [0.2, 0.25) is 0 Å². The van der Waals surface area contributed by atoms with Crippen molar-refractivity contribution in [2.24, 2.45) is 0 Å². The van der Waals surface area contributed by atoms with Crippen LogP contribution in [0.2, 0.25) is 0 Å². The van der Waals surface area contributed by atoms with Gasteiger partial charge in [0, 0.05) is 12.2 Å². The highest BCUT2D eigenvalue weighted by atomic mass is 19.2. The molecule has 0 bridgehead atoms. The second kappa shape index (κ2) is 6.95. The van der Waals surface area contributed by atoms with Gasteiger partial charge in [0.15, 0.2) is 11.6 Å². The van der Waals surface area contributed by atoms with E-state index in [-0.39, 0.29) is 12.1 Å². The standard InChI is InChI=1S/C15H13F3N2O2/c16-10-2-4-11(5-3-10)20-15(22)19-8-14(21)9-1-6-12(17)13(18)7-9/h1-7,14,21H,8H2,(H2,19,20,22)/t14-/m1/s1. The van der Waals surface area contributed by atoms with Crippen molar-refractivity contribution < 1.29 is 23.1 Å². The van der Waals surface area contributed by atoms with Crippen LogP contribution in [0, 0.1) is 17.5 Å². The molecule has 0 heterocycles. The Morgan fingerprint density at radius 1 is 1.05 bits per heavy atom. The van der Waals surface area contributed by atoms with Crippen molar-refractivity contribution in [3.63, 3.8) is 0 Å². The monoisotopic (exact) mass is 310 g/mol. The Balaban J connectivity index is 1.87. The zero-order chi connectivity index (χ0) is 16.1. The Morgan fingerprint density at radius 2 is 1.73 bits per heavy atom. The zero-order valence-electron chi connectivity index (χ0n) is 11.3. The maximum absolute atomic E-state index is 13.0. The number of halogens is 3. The highest BCUT2D eigenvalue weighted by molar-refractivity contribution is 5.89. The predicted octanol–water partition coefficient (Wildman–Crippen LogP) is 2.96. The second-order valence-corrected chi connectivity index (χ2v) is 4.53. The zero-order valence-corrected chi connectivity index (χ0v) is 11.3. The average molecular weight is 310 g/mol. The van der Waals surface area contributed by atoms with Crippen LogP contribution >= 0.6 is 0 Å². The van der Waals surface area contributed by atoms with Crippen LogP contribution < -0.4 is 10.6 Å². The smallest absolute Gasteiger partial charge is 0.319 e. The number of aliphatic hydroxyl groups excluding tert-OH is 1. The molecule has 0 aromatic heterocycles. The average Bonchev–Trinajstić information content (AvgIpc) is 2.50. The Bertz CT molecular complexity index is 662. The molecular weight excluding hydrogens is 297 g/mol. The molecule has 4 nitrogen and oxygen atoms in total. The minimum atomic E-state index is -1.19. The molecule has 0 radical (unpaired) electrons. The molecule has 0 aliphatic carbocycles. The van der Waals surface area contributed by atoms with Crippen molar-refractivity contribution in [3.05, 3.63) is 65.5 Å². The summed E-state index contributed by atoms with van der Waals surface area (Å²) in [5, 5.41) is 14.6. The minimum Gasteiger partial charge on any atom is -0.387 e. The molecule has 0 saturated carbocycles. The van der Waals surface area contributed by atoms with Gasteiger partial charge in [-0.15, -0.1) is 0 Å². The lowest BCUT2D eigenvalue weighted by Crippen LogP contribution is -2.32. The highest BCUT2D eigenvalue weighted by Crippen LogP contribution is 2.15. The fourth-order valence-corrected chi connectivity index (χ4v) is 1.74. The minimum absolute atomic E-state index is 0.140. The Kier molecular flexibility index (Phi) is 5.00. The molecule has 2 amide bonds. The summed E-state index contributed by atoms with van der Waals surface area (Å²) in [5.41, 5.74) is 0.516. The molecule has 3 N–H and O–H groups in total. The number of hydrogen-bond acceptors (Lipinski definition) is 2. The molecule has 1 atom stereocenters. The van der Waals surface area contributed by atoms with Crippen LogP contribution in [0.4, 0.5) is 23.7 Å². The highest BCUT2D eigenvalue weighted by Gasteiger charge is 2.12. The van der Waals surface area contributed by atoms with Gasteiger partial charge in [0.1, 0.15) is 5.82 Å². The summed E-state index contributed by atoms with van der Waals surface area (Å²) in [6, 6.07) is 7.49. The molecule has 7 heteroatoms. The van der Waals surface area contributed by atoms with E-state index in [0.29, 0.717) is 5.69 Å². The van der Waals surface area contributed by atoms with E-state index < -0.39 is 29.6 Å². The van der Waals surface area contributed by atoms with Gasteiger partial charge in [-0.25, -0.2) is 18.0 Å². The van der Waals surface area contributed by atoms with E-state index in [4.69, 9.17) is 0 Å². The fraction of sp³-hybridized carbons (Fsp3) is 0.133. The third-order valence-electron chi connectivity index (χ3n) is 2.89. The topological polar surface area (TPSA) is 61.4 Å². The summed E-state index contributed by atoms with van der Waals surface area (Å²) in [6.45, 7) is -0.196. The first-order valence-corrected chi connectivity index (χ1v) is 6.39. The van der Waals surface area contributed by atoms with Gasteiger partial charge in [-0.05, 0) is 42.0 Å². The van der Waals surface area contributed by atoms with Crippen molar-refractivity contribution in [1.29, 1.82) is 0 Å². The molecule has 0 aliphatic rings. The van der Waals surface area contributed by atoms with Gasteiger partial charge >= 0.3 is 6.03 Å². The summed E-state index contributed by atoms with van der Waals surface area (Å²) in [7, 11) is 0. The van der Waals surface area contributed by atoms with Crippen LogP contribution in [-0.2, 0) is 0 Å². The normalized spacial score (nSPS) is 11.8. The molecule has 0 spiro atoms. The van der Waals surface area contributed by atoms with E-state index in [0.717, 1.165) is 12.1 Å². The van der Waals surface area contributed by atoms with Gasteiger partial charge < -0.3 is 15.7 Å². The van der Waals surface area contributed by atoms with Crippen molar-refractivity contribution in [1.82, 2.24) is 5.32 Å². The Labute approximate surface area is 124 Å². The van der Waals surface area contributed by atoms with Gasteiger partial charge in [-0.2, -0.15) is 0 Å². The lowest BCUT2D eigenvalue weighted by atomic mass is 10.1. The quantitative estimate of drug-likeness (QED) is 0.813. The number of carbonyl (C=O) groups is 1. The summed E-state index contributed by atoms with van der Waals surface area (Å²) in [5.74, 6) is -2.52. The van der Waals surface area contributed by atoms with Gasteiger partial charge in [-0.1, -0.05) is 6.07 Å². The summed E-state index contributed by atoms with van der Waals surface area (Å²) in [4.78, 5) is 11.6. The molecule has 2 aromatic rings. The Hall–Kier alpha value is -2.54. The second-order valence-electron chi connectivity index (χ2n) is 4.53. The van der Waals surface area contributed by atoms with Gasteiger partial charge in [-0.3, -0.25) is 0 Å². The molecule has 0 unspecified atom stereocenters. The first-order valence-electron chi connectivity index (χ1n) is 6.39. The van der Waals surface area contributed by atoms with Crippen molar-refractivity contribution in [3.8, 4) is 0 Å². The fourth-order valence-electron chi connectivity index (χ4n) is 1.74. The number of rotatable bonds is 4. The molecule has 2 aromatic carbocycles. The van der Waals surface area contributed by atoms with Crippen LogP contribution in [-0.4, -0.2) is 17.7 Å². The molecule has 0 fully saturated rings. The van der Waals surface area contributed by atoms with Crippen LogP contribution in [0.1, 0.15) is 11.7 Å². The lowest BCUT2D eigenvalue weighted by Gasteiger charge is -2.13. The van der Waals surface area contributed by atoms with Crippen LogP contribution in [0.3, 0.4) is 0 Å². The van der Waals surface area contributed by atoms with E-state index in [2.05, 4.69) is 10.6 Å². The van der Waals surface area contributed by atoms with E-state index >= 15 is 0 Å². The molecule has 22 heavy (non-hydrogen) atoms. The third-order valence-corrected chi connectivity index (χ3v) is 2.89. The number of urea groups is 1. The van der Waals surface area contributed by atoms with Crippen molar-refractivity contribution in [2.75, 3.05) is 11.9 Å². The molecule has 0 aliphatic heterocycles. The number of hydrogen-bond donors (Lipinski definition) is 3. The maximum atomic E-state index is 13.0. The molecule has 2 rings (SSSR count). The van der Waals surface area contributed by atoms with E-state index in [1.807, 2.05) is 0 Å². The van der Waals surface area contributed by atoms with Crippen molar-refractivity contribution in [2.45, 2.75) is 6.10 Å². The van der Waals surface area contributed by atoms with E-state index in [9.17, 15) is 23.1 Å². The largest absolute Gasteiger partial charge is 0.387 e. The van der Waals surface area contributed by atoms with E-state index in [1.165, 1.54) is 30.3 Å². The Morgan fingerprint density at radius 3 is 2.36 bits per heavy atom. The van der Waals surface area contributed by atoms with Crippen LogP contribution in [0.15, 0.2) is 42.5 Å². The number of benzene rings is 2. The number of amides is 2. The van der Waals surface area contributed by atoms with Gasteiger partial charge in [0.25, 0.3) is 0 Å². The number of nitrogens with one attached hydrogen (secondary N) is 2. The first kappa shape index (κ1) is 15.8. The molecular formula is C15H13F3N2O2. The van der Waals surface area contributed by atoms with Crippen LogP contribution in [0.25, 0.3) is 0 Å². The lowest BCUT2D eigenvalue weighted by molar-refractivity contribution is 0.174. The number of carbonyl (C=O) groups excluding carboxylic acids is 1. The van der Waals surface area contributed by atoms with Gasteiger partial charge in [0.05, 0.1) is 6.10 Å². The summed E-state index contributed by atoms with van der Waals surface area (Å²) in [6.07, 6.45) is -1.19. The van der Waals surface area contributed by atoms with E-state index in [1.54, 1.807) is 0 Å². The summed E-state index contributed by atoms with van der Waals surface area (Å²) < 4.78 is 38.5. The first-order chi connectivity index (χ1) is 10.5. The third kappa shape index (κ3) is 4.23. The number of aliphatic hydroxyl groups is 1. The van der Waals surface area contributed by atoms with Crippen LogP contribution in [0.5, 0.6) is 0 Å². The number of anilines is 1. The predicted molar refractivity (Wildman–Crippen MR) is 74.7 cm³/mol.